The van der Waals surface area contributed by atoms with Gasteiger partial charge in [-0.3, -0.25) is 4.57 Å². The summed E-state index contributed by atoms with van der Waals surface area (Å²) in [7, 11) is -3.74. The Kier molecular flexibility index (Phi) is 7.01. The van der Waals surface area contributed by atoms with Gasteiger partial charge in [-0.15, -0.1) is 0 Å². The Hall–Kier alpha value is -1.15. The minimum absolute atomic E-state index is 0.0601. The van der Waals surface area contributed by atoms with Gasteiger partial charge in [0, 0.05) is 0 Å². The fraction of sp³-hybridized carbons (Fsp3) is 0.538. The van der Waals surface area contributed by atoms with Crippen molar-refractivity contribution in [1.82, 2.24) is 0 Å². The highest BCUT2D eigenvalue weighted by Gasteiger charge is 2.44. The van der Waals surface area contributed by atoms with Crippen molar-refractivity contribution in [1.29, 1.82) is 0 Å². The van der Waals surface area contributed by atoms with E-state index in [1.807, 2.05) is 0 Å². The van der Waals surface area contributed by atoms with Gasteiger partial charge in [0.15, 0.2) is 0 Å². The van der Waals surface area contributed by atoms with Crippen LogP contribution in [-0.4, -0.2) is 25.7 Å². The standard InChI is InChI=1S/C13H18F4NO4P/c1-3-20-23(19,21-4-2)11(18)9-6-5-7-10(8-9)22-13(16,17)12(14)15/h5-8,11-12H,3-4,18H2,1-2H3/t11-/m1/s1. The predicted molar refractivity (Wildman–Crippen MR) is 75.8 cm³/mol. The Morgan fingerprint density at radius 1 is 1.22 bits per heavy atom. The van der Waals surface area contributed by atoms with Crippen LogP contribution in [0.15, 0.2) is 24.3 Å². The van der Waals surface area contributed by atoms with Crippen LogP contribution >= 0.6 is 7.60 Å². The van der Waals surface area contributed by atoms with E-state index in [2.05, 4.69) is 4.74 Å². The van der Waals surface area contributed by atoms with Gasteiger partial charge in [0.05, 0.1) is 13.2 Å². The van der Waals surface area contributed by atoms with E-state index in [0.29, 0.717) is 0 Å². The normalized spacial score (nSPS) is 14.1. The predicted octanol–water partition coefficient (Wildman–Crippen LogP) is 4.15. The molecule has 1 atom stereocenters. The van der Waals surface area contributed by atoms with Crippen molar-refractivity contribution in [2.24, 2.45) is 5.73 Å². The monoisotopic (exact) mass is 359 g/mol. The van der Waals surface area contributed by atoms with Crippen molar-refractivity contribution in [3.63, 3.8) is 0 Å². The van der Waals surface area contributed by atoms with E-state index in [1.54, 1.807) is 13.8 Å². The molecule has 0 fully saturated rings. The first-order valence-corrected chi connectivity index (χ1v) is 8.36. The van der Waals surface area contributed by atoms with E-state index in [0.717, 1.165) is 12.1 Å². The summed E-state index contributed by atoms with van der Waals surface area (Å²) in [5.41, 5.74) is 5.93. The molecule has 1 rings (SSSR count). The van der Waals surface area contributed by atoms with E-state index in [4.69, 9.17) is 14.8 Å². The summed E-state index contributed by atoms with van der Waals surface area (Å²) < 4.78 is 76.8. The maximum atomic E-state index is 12.9. The molecule has 23 heavy (non-hydrogen) atoms. The molecule has 0 saturated heterocycles. The molecule has 0 aliphatic rings. The minimum Gasteiger partial charge on any atom is -0.428 e. The topological polar surface area (TPSA) is 70.8 Å². The third kappa shape index (κ3) is 5.17. The third-order valence-electron chi connectivity index (χ3n) is 2.67. The summed E-state index contributed by atoms with van der Waals surface area (Å²) in [5, 5.41) is 0. The van der Waals surface area contributed by atoms with Crippen molar-refractivity contribution in [3.8, 4) is 5.75 Å². The number of hydrogen-bond acceptors (Lipinski definition) is 5. The van der Waals surface area contributed by atoms with Gasteiger partial charge in [-0.1, -0.05) is 12.1 Å². The first kappa shape index (κ1) is 19.9. The fourth-order valence-corrected chi connectivity index (χ4v) is 3.35. The molecule has 10 heteroatoms. The van der Waals surface area contributed by atoms with Crippen LogP contribution in [0.2, 0.25) is 0 Å². The van der Waals surface area contributed by atoms with Gasteiger partial charge in [-0.05, 0) is 31.5 Å². The molecule has 2 N–H and O–H groups in total. The molecular weight excluding hydrogens is 341 g/mol. The highest BCUT2D eigenvalue weighted by molar-refractivity contribution is 7.54. The van der Waals surface area contributed by atoms with E-state index >= 15 is 0 Å². The molecule has 0 aliphatic carbocycles. The first-order chi connectivity index (χ1) is 10.7. The zero-order chi connectivity index (χ0) is 17.7. The van der Waals surface area contributed by atoms with Crippen molar-refractivity contribution in [2.45, 2.75) is 32.2 Å². The molecule has 0 saturated carbocycles. The lowest BCUT2D eigenvalue weighted by molar-refractivity contribution is -0.253. The zero-order valence-electron chi connectivity index (χ0n) is 12.5. The van der Waals surface area contributed by atoms with Crippen molar-refractivity contribution < 1.29 is 35.9 Å². The zero-order valence-corrected chi connectivity index (χ0v) is 13.4. The molecule has 5 nitrogen and oxygen atoms in total. The van der Waals surface area contributed by atoms with Crippen LogP contribution in [0.5, 0.6) is 5.75 Å². The van der Waals surface area contributed by atoms with Crippen LogP contribution in [0.25, 0.3) is 0 Å². The number of halogens is 4. The molecule has 1 aromatic rings. The SMILES string of the molecule is CCOP(=O)(OCC)[C@@H](N)c1cccc(OC(F)(F)C(F)F)c1. The summed E-state index contributed by atoms with van der Waals surface area (Å²) in [4.78, 5) is 0. The van der Waals surface area contributed by atoms with Crippen molar-refractivity contribution >= 4 is 7.60 Å². The molecule has 0 amide bonds. The summed E-state index contributed by atoms with van der Waals surface area (Å²) in [6.07, 6.45) is -8.63. The van der Waals surface area contributed by atoms with Gasteiger partial charge in [-0.2, -0.15) is 17.6 Å². The second kappa shape index (κ2) is 8.10. The molecule has 0 radical (unpaired) electrons. The number of alkyl halides is 4. The summed E-state index contributed by atoms with van der Waals surface area (Å²) >= 11 is 0. The van der Waals surface area contributed by atoms with Crippen LogP contribution in [0.1, 0.15) is 25.2 Å². The average Bonchev–Trinajstić information content (AvgIpc) is 2.46. The van der Waals surface area contributed by atoms with Gasteiger partial charge in [-0.25, -0.2) is 0 Å². The van der Waals surface area contributed by atoms with Crippen molar-refractivity contribution in [3.05, 3.63) is 29.8 Å². The maximum absolute atomic E-state index is 12.9. The van der Waals surface area contributed by atoms with Crippen LogP contribution in [0, 0.1) is 0 Å². The van der Waals surface area contributed by atoms with Gasteiger partial charge >= 0.3 is 20.1 Å². The summed E-state index contributed by atoms with van der Waals surface area (Å²) in [6, 6.07) is 4.68. The maximum Gasteiger partial charge on any atom is 0.461 e. The van der Waals surface area contributed by atoms with Gasteiger partial charge in [0.2, 0.25) is 0 Å². The highest BCUT2D eigenvalue weighted by Crippen LogP contribution is 2.58. The lowest BCUT2D eigenvalue weighted by Crippen LogP contribution is -2.33. The summed E-state index contributed by atoms with van der Waals surface area (Å²) in [6.45, 7) is 3.29. The van der Waals surface area contributed by atoms with E-state index in [1.165, 1.54) is 12.1 Å². The average molecular weight is 359 g/mol. The number of hydrogen-bond donors (Lipinski definition) is 1. The molecule has 0 unspecified atom stereocenters. The fourth-order valence-electron chi connectivity index (χ4n) is 1.70. The smallest absolute Gasteiger partial charge is 0.428 e. The number of ether oxygens (including phenoxy) is 1. The molecule has 0 spiro atoms. The van der Waals surface area contributed by atoms with E-state index in [-0.39, 0.29) is 18.8 Å². The molecule has 0 aliphatic heterocycles. The Morgan fingerprint density at radius 2 is 1.78 bits per heavy atom. The lowest BCUT2D eigenvalue weighted by Gasteiger charge is -2.24. The van der Waals surface area contributed by atoms with E-state index < -0.39 is 31.7 Å². The Bertz CT molecular complexity index is 549. The molecule has 1 aromatic carbocycles. The second-order valence-electron chi connectivity index (χ2n) is 4.36. The van der Waals surface area contributed by atoms with Crippen molar-refractivity contribution in [2.75, 3.05) is 13.2 Å². The first-order valence-electron chi connectivity index (χ1n) is 6.75. The minimum atomic E-state index is -4.65. The number of nitrogens with two attached hydrogens (primary N) is 1. The van der Waals surface area contributed by atoms with Crippen LogP contribution in [0.3, 0.4) is 0 Å². The van der Waals surface area contributed by atoms with Gasteiger partial charge in [0.1, 0.15) is 11.5 Å². The molecule has 0 heterocycles. The molecule has 132 valence electrons. The summed E-state index contributed by atoms with van der Waals surface area (Å²) in [5.74, 6) is -1.81. The second-order valence-corrected chi connectivity index (χ2v) is 6.51. The molecule has 0 aromatic heterocycles. The largest absolute Gasteiger partial charge is 0.461 e. The van der Waals surface area contributed by atoms with Gasteiger partial charge < -0.3 is 19.5 Å². The van der Waals surface area contributed by atoms with Gasteiger partial charge in [0.25, 0.3) is 0 Å². The van der Waals surface area contributed by atoms with Crippen LogP contribution in [0.4, 0.5) is 17.6 Å². The van der Waals surface area contributed by atoms with Crippen LogP contribution < -0.4 is 10.5 Å². The Morgan fingerprint density at radius 3 is 2.26 bits per heavy atom. The molecular formula is C13H18F4NO4P. The number of rotatable bonds is 9. The molecule has 0 bridgehead atoms. The van der Waals surface area contributed by atoms with Crippen LogP contribution in [-0.2, 0) is 13.6 Å². The quantitative estimate of drug-likeness (QED) is 0.530. The Labute approximate surface area is 131 Å². The Balaban J connectivity index is 3.05. The third-order valence-corrected chi connectivity index (χ3v) is 4.88. The lowest BCUT2D eigenvalue weighted by atomic mass is 10.2. The highest BCUT2D eigenvalue weighted by atomic mass is 31.2. The number of benzene rings is 1. The van der Waals surface area contributed by atoms with E-state index in [9.17, 15) is 22.1 Å².